The highest BCUT2D eigenvalue weighted by Crippen LogP contribution is 2.23. The van der Waals surface area contributed by atoms with E-state index >= 15 is 0 Å². The van der Waals surface area contributed by atoms with Crippen LogP contribution in [0.15, 0.2) is 0 Å². The Bertz CT molecular complexity index is 138. The van der Waals surface area contributed by atoms with Crippen LogP contribution in [-0.2, 0) is 4.74 Å². The maximum Gasteiger partial charge on any atom is 0.0594 e. The van der Waals surface area contributed by atoms with E-state index < -0.39 is 0 Å². The molecule has 1 aliphatic rings. The molecule has 0 saturated carbocycles. The predicted octanol–water partition coefficient (Wildman–Crippen LogP) is 2.36. The zero-order chi connectivity index (χ0) is 10.2. The number of hydrogen-bond donors (Lipinski definition) is 0. The summed E-state index contributed by atoms with van der Waals surface area (Å²) in [6, 6.07) is 0. The molecule has 4 heteroatoms. The lowest BCUT2D eigenvalue weighted by Gasteiger charge is -2.26. The van der Waals surface area contributed by atoms with Gasteiger partial charge in [0.05, 0.1) is 13.2 Å². The molecule has 2 nitrogen and oxygen atoms in total. The second kappa shape index (κ2) is 7.85. The summed E-state index contributed by atoms with van der Waals surface area (Å²) in [6.45, 7) is 9.85. The SMILES string of the molecule is CC(C)CSSCCN1CCOCC1. The summed E-state index contributed by atoms with van der Waals surface area (Å²) in [5.41, 5.74) is 0. The van der Waals surface area contributed by atoms with Crippen LogP contribution in [-0.4, -0.2) is 49.3 Å². The molecule has 0 N–H and O–H groups in total. The minimum Gasteiger partial charge on any atom is -0.379 e. The molecule has 84 valence electrons. The van der Waals surface area contributed by atoms with Gasteiger partial charge in [0.1, 0.15) is 0 Å². The van der Waals surface area contributed by atoms with Gasteiger partial charge in [-0.15, -0.1) is 0 Å². The first-order valence-corrected chi connectivity index (χ1v) is 7.82. The van der Waals surface area contributed by atoms with Crippen molar-refractivity contribution in [2.45, 2.75) is 13.8 Å². The van der Waals surface area contributed by atoms with E-state index in [9.17, 15) is 0 Å². The topological polar surface area (TPSA) is 12.5 Å². The van der Waals surface area contributed by atoms with Crippen molar-refractivity contribution < 1.29 is 4.74 Å². The van der Waals surface area contributed by atoms with E-state index in [4.69, 9.17) is 4.74 Å². The molecular weight excluding hydrogens is 214 g/mol. The highest BCUT2D eigenvalue weighted by atomic mass is 33.1. The van der Waals surface area contributed by atoms with E-state index in [0.29, 0.717) is 0 Å². The molecule has 1 aliphatic heterocycles. The molecule has 0 spiro atoms. The van der Waals surface area contributed by atoms with Crippen LogP contribution in [0, 0.1) is 5.92 Å². The summed E-state index contributed by atoms with van der Waals surface area (Å²) in [6.07, 6.45) is 0. The molecule has 0 unspecified atom stereocenters. The van der Waals surface area contributed by atoms with E-state index in [2.05, 4.69) is 18.7 Å². The van der Waals surface area contributed by atoms with Gasteiger partial charge in [-0.05, 0) is 5.92 Å². The zero-order valence-corrected chi connectivity index (χ0v) is 10.8. The van der Waals surface area contributed by atoms with Gasteiger partial charge in [0, 0.05) is 31.1 Å². The second-order valence-electron chi connectivity index (χ2n) is 3.95. The first kappa shape index (κ1) is 12.7. The molecule has 0 radical (unpaired) electrons. The molecule has 1 rings (SSSR count). The van der Waals surface area contributed by atoms with Crippen molar-refractivity contribution in [3.05, 3.63) is 0 Å². The molecule has 0 aliphatic carbocycles. The molecule has 14 heavy (non-hydrogen) atoms. The predicted molar refractivity (Wildman–Crippen MR) is 67.0 cm³/mol. The van der Waals surface area contributed by atoms with Crippen molar-refractivity contribution in [3.8, 4) is 0 Å². The molecule has 1 heterocycles. The van der Waals surface area contributed by atoms with E-state index in [0.717, 1.165) is 32.2 Å². The normalized spacial score (nSPS) is 19.1. The summed E-state index contributed by atoms with van der Waals surface area (Å²) in [5.74, 6) is 3.33. The van der Waals surface area contributed by atoms with Gasteiger partial charge in [-0.25, -0.2) is 0 Å². The van der Waals surface area contributed by atoms with Gasteiger partial charge in [-0.1, -0.05) is 35.4 Å². The Balaban J connectivity index is 1.87. The molecule has 0 aromatic rings. The van der Waals surface area contributed by atoms with Crippen molar-refractivity contribution in [1.29, 1.82) is 0 Å². The van der Waals surface area contributed by atoms with Gasteiger partial charge in [-0.2, -0.15) is 0 Å². The third kappa shape index (κ3) is 6.17. The summed E-state index contributed by atoms with van der Waals surface area (Å²) in [4.78, 5) is 2.49. The van der Waals surface area contributed by atoms with Crippen LogP contribution in [0.25, 0.3) is 0 Å². The Labute approximate surface area is 95.5 Å². The maximum atomic E-state index is 5.30. The Morgan fingerprint density at radius 1 is 1.21 bits per heavy atom. The van der Waals surface area contributed by atoms with E-state index in [-0.39, 0.29) is 0 Å². The fraction of sp³-hybridized carbons (Fsp3) is 1.00. The minimum absolute atomic E-state index is 0.816. The fourth-order valence-corrected chi connectivity index (χ4v) is 3.74. The Kier molecular flexibility index (Phi) is 7.12. The summed E-state index contributed by atoms with van der Waals surface area (Å²) < 4.78 is 5.30. The molecule has 0 atom stereocenters. The number of ether oxygens (including phenoxy) is 1. The summed E-state index contributed by atoms with van der Waals surface area (Å²) in [5, 5.41) is 0. The van der Waals surface area contributed by atoms with Crippen LogP contribution in [0.1, 0.15) is 13.8 Å². The van der Waals surface area contributed by atoms with Gasteiger partial charge in [0.15, 0.2) is 0 Å². The van der Waals surface area contributed by atoms with Crippen molar-refractivity contribution in [2.75, 3.05) is 44.4 Å². The van der Waals surface area contributed by atoms with E-state index in [1.165, 1.54) is 18.1 Å². The third-order valence-corrected chi connectivity index (χ3v) is 4.81. The summed E-state index contributed by atoms with van der Waals surface area (Å²) >= 11 is 0. The monoisotopic (exact) mass is 235 g/mol. The van der Waals surface area contributed by atoms with Crippen LogP contribution in [0.4, 0.5) is 0 Å². The van der Waals surface area contributed by atoms with Crippen LogP contribution in [0.5, 0.6) is 0 Å². The number of hydrogen-bond acceptors (Lipinski definition) is 4. The van der Waals surface area contributed by atoms with Crippen LogP contribution >= 0.6 is 21.6 Å². The minimum atomic E-state index is 0.816. The van der Waals surface area contributed by atoms with Crippen molar-refractivity contribution in [3.63, 3.8) is 0 Å². The highest BCUT2D eigenvalue weighted by molar-refractivity contribution is 8.76. The van der Waals surface area contributed by atoms with E-state index in [1.807, 2.05) is 21.6 Å². The van der Waals surface area contributed by atoms with Crippen molar-refractivity contribution >= 4 is 21.6 Å². The second-order valence-corrected chi connectivity index (χ2v) is 6.58. The highest BCUT2D eigenvalue weighted by Gasteiger charge is 2.09. The quantitative estimate of drug-likeness (QED) is 0.517. The number of rotatable bonds is 6. The summed E-state index contributed by atoms with van der Waals surface area (Å²) in [7, 11) is 4.02. The van der Waals surface area contributed by atoms with E-state index in [1.54, 1.807) is 0 Å². The molecular formula is C10H21NOS2. The standard InChI is InChI=1S/C10H21NOS2/c1-10(2)9-14-13-8-5-11-3-6-12-7-4-11/h10H,3-9H2,1-2H3. The van der Waals surface area contributed by atoms with Gasteiger partial charge in [0.2, 0.25) is 0 Å². The first-order chi connectivity index (χ1) is 6.79. The van der Waals surface area contributed by atoms with Gasteiger partial charge >= 0.3 is 0 Å². The van der Waals surface area contributed by atoms with Crippen LogP contribution in [0.2, 0.25) is 0 Å². The molecule has 0 amide bonds. The largest absolute Gasteiger partial charge is 0.379 e. The van der Waals surface area contributed by atoms with Crippen molar-refractivity contribution in [2.24, 2.45) is 5.92 Å². The number of nitrogens with zero attached hydrogens (tertiary/aromatic N) is 1. The first-order valence-electron chi connectivity index (χ1n) is 5.33. The molecule has 0 bridgehead atoms. The molecule has 0 aromatic heterocycles. The average molecular weight is 235 g/mol. The number of morpholine rings is 1. The van der Waals surface area contributed by atoms with Crippen molar-refractivity contribution in [1.82, 2.24) is 4.90 Å². The smallest absolute Gasteiger partial charge is 0.0594 e. The van der Waals surface area contributed by atoms with Gasteiger partial charge < -0.3 is 4.74 Å². The Hall–Kier alpha value is 0.620. The van der Waals surface area contributed by atoms with Crippen LogP contribution in [0.3, 0.4) is 0 Å². The van der Waals surface area contributed by atoms with Crippen LogP contribution < -0.4 is 0 Å². The van der Waals surface area contributed by atoms with Gasteiger partial charge in [0.25, 0.3) is 0 Å². The molecule has 0 aromatic carbocycles. The Morgan fingerprint density at radius 3 is 2.57 bits per heavy atom. The zero-order valence-electron chi connectivity index (χ0n) is 9.20. The average Bonchev–Trinajstić information content (AvgIpc) is 2.18. The lowest BCUT2D eigenvalue weighted by atomic mass is 10.3. The Morgan fingerprint density at radius 2 is 1.93 bits per heavy atom. The third-order valence-electron chi connectivity index (χ3n) is 2.08. The van der Waals surface area contributed by atoms with Gasteiger partial charge in [-0.3, -0.25) is 4.90 Å². The molecule has 1 saturated heterocycles. The lowest BCUT2D eigenvalue weighted by molar-refractivity contribution is 0.0410. The molecule has 1 fully saturated rings. The fourth-order valence-electron chi connectivity index (χ4n) is 1.23. The lowest BCUT2D eigenvalue weighted by Crippen LogP contribution is -2.37. The maximum absolute atomic E-state index is 5.30.